The van der Waals surface area contributed by atoms with E-state index in [0.29, 0.717) is 50.1 Å². The summed E-state index contributed by atoms with van der Waals surface area (Å²) in [6.45, 7) is 11.6. The van der Waals surface area contributed by atoms with Gasteiger partial charge in [0.05, 0.1) is 10.8 Å². The number of carbonyl (C=O) groups excluding carboxylic acids is 4. The molecule has 0 saturated heterocycles. The van der Waals surface area contributed by atoms with Crippen molar-refractivity contribution >= 4 is 23.1 Å². The van der Waals surface area contributed by atoms with Crippen molar-refractivity contribution in [3.63, 3.8) is 0 Å². The van der Waals surface area contributed by atoms with Crippen molar-refractivity contribution in [2.45, 2.75) is 129 Å². The highest BCUT2D eigenvalue weighted by Crippen LogP contribution is 2.42. The van der Waals surface area contributed by atoms with E-state index in [1.807, 2.05) is 0 Å². The van der Waals surface area contributed by atoms with E-state index in [1.165, 1.54) is 33.4 Å². The van der Waals surface area contributed by atoms with Gasteiger partial charge in [-0.25, -0.2) is 0 Å². The standard InChI is InChI=1S/2C18H24O2/c2*1-4-18(11-10-14(3)19)16-9-8-13(2)12-15(16)6-5-7-17(18)20/h2*8-9,12H,4-7,10-11H2,1-3H3/t2*18-/m10/s1. The Balaban J connectivity index is 0.000000220. The van der Waals surface area contributed by atoms with Gasteiger partial charge in [0, 0.05) is 25.7 Å². The molecule has 0 unspecified atom stereocenters. The van der Waals surface area contributed by atoms with Crippen molar-refractivity contribution in [3.05, 3.63) is 69.8 Å². The third-order valence-electron chi connectivity index (χ3n) is 9.33. The number of rotatable bonds is 8. The molecule has 0 N–H and O–H groups in total. The molecular weight excluding hydrogens is 496 g/mol. The SMILES string of the molecule is CC[C@@]1(CCC(C)=O)C(=O)CCCc2cc(C)ccc21.CC[C@]1(CCC(C)=O)C(=O)CCCc2cc(C)ccc21. The quantitative estimate of drug-likeness (QED) is 0.318. The fourth-order valence-electron chi connectivity index (χ4n) is 6.91. The number of hydrogen-bond donors (Lipinski definition) is 0. The lowest BCUT2D eigenvalue weighted by Crippen LogP contribution is -2.35. The fourth-order valence-corrected chi connectivity index (χ4v) is 6.91. The topological polar surface area (TPSA) is 68.3 Å². The lowest BCUT2D eigenvalue weighted by atomic mass is 9.69. The number of fused-ring (bicyclic) bond motifs is 2. The van der Waals surface area contributed by atoms with Gasteiger partial charge in [-0.1, -0.05) is 61.4 Å². The summed E-state index contributed by atoms with van der Waals surface area (Å²) in [6, 6.07) is 12.9. The molecule has 2 aromatic rings. The number of carbonyl (C=O) groups is 4. The molecule has 4 rings (SSSR count). The fraction of sp³-hybridized carbons (Fsp3) is 0.556. The van der Waals surface area contributed by atoms with Crippen LogP contribution in [-0.4, -0.2) is 23.1 Å². The molecule has 216 valence electrons. The van der Waals surface area contributed by atoms with E-state index in [2.05, 4.69) is 64.1 Å². The molecule has 0 aliphatic heterocycles. The van der Waals surface area contributed by atoms with Gasteiger partial charge in [0.2, 0.25) is 0 Å². The Morgan fingerprint density at radius 3 is 1.35 bits per heavy atom. The van der Waals surface area contributed by atoms with E-state index in [1.54, 1.807) is 13.8 Å². The smallest absolute Gasteiger partial charge is 0.143 e. The third-order valence-corrected chi connectivity index (χ3v) is 9.33. The normalized spacial score (nSPS) is 22.2. The number of ketones is 4. The van der Waals surface area contributed by atoms with Crippen molar-refractivity contribution in [2.75, 3.05) is 0 Å². The summed E-state index contributed by atoms with van der Waals surface area (Å²) in [5.41, 5.74) is 6.58. The highest BCUT2D eigenvalue weighted by Gasteiger charge is 2.41. The molecule has 2 aliphatic rings. The molecule has 0 saturated carbocycles. The van der Waals surface area contributed by atoms with Gasteiger partial charge in [-0.2, -0.15) is 0 Å². The Morgan fingerprint density at radius 2 is 1.02 bits per heavy atom. The lowest BCUT2D eigenvalue weighted by Gasteiger charge is -2.32. The number of Topliss-reactive ketones (excluding diaryl/α,β-unsaturated/α-hetero) is 4. The molecule has 0 fully saturated rings. The van der Waals surface area contributed by atoms with Crippen molar-refractivity contribution in [3.8, 4) is 0 Å². The van der Waals surface area contributed by atoms with E-state index in [4.69, 9.17) is 0 Å². The molecule has 2 aliphatic carbocycles. The minimum Gasteiger partial charge on any atom is -0.300 e. The first kappa shape index (κ1) is 31.6. The van der Waals surface area contributed by atoms with Gasteiger partial charge < -0.3 is 9.59 Å². The maximum Gasteiger partial charge on any atom is 0.143 e. The highest BCUT2D eigenvalue weighted by atomic mass is 16.1. The molecular formula is C36H48O4. The molecule has 4 heteroatoms. The number of hydrogen-bond acceptors (Lipinski definition) is 4. The summed E-state index contributed by atoms with van der Waals surface area (Å²) < 4.78 is 0. The van der Waals surface area contributed by atoms with Crippen LogP contribution in [0, 0.1) is 13.8 Å². The van der Waals surface area contributed by atoms with Crippen LogP contribution in [0.2, 0.25) is 0 Å². The Kier molecular flexibility index (Phi) is 10.8. The summed E-state index contributed by atoms with van der Waals surface area (Å²) in [6.07, 6.45) is 8.97. The van der Waals surface area contributed by atoms with E-state index in [0.717, 1.165) is 38.5 Å². The first-order valence-electron chi connectivity index (χ1n) is 15.2. The first-order chi connectivity index (χ1) is 19.0. The van der Waals surface area contributed by atoms with Gasteiger partial charge in [-0.3, -0.25) is 9.59 Å². The van der Waals surface area contributed by atoms with Gasteiger partial charge in [-0.15, -0.1) is 0 Å². The minimum absolute atomic E-state index is 0.170. The average molecular weight is 545 g/mol. The minimum atomic E-state index is -0.439. The van der Waals surface area contributed by atoms with E-state index >= 15 is 0 Å². The Morgan fingerprint density at radius 1 is 0.650 bits per heavy atom. The Hall–Kier alpha value is -2.88. The summed E-state index contributed by atoms with van der Waals surface area (Å²) in [5.74, 6) is 0.986. The van der Waals surface area contributed by atoms with Gasteiger partial charge >= 0.3 is 0 Å². The summed E-state index contributed by atoms with van der Waals surface area (Å²) >= 11 is 0. The van der Waals surface area contributed by atoms with Gasteiger partial charge in [-0.05, 0) is 101 Å². The van der Waals surface area contributed by atoms with Gasteiger partial charge in [0.25, 0.3) is 0 Å². The van der Waals surface area contributed by atoms with Crippen LogP contribution in [0.3, 0.4) is 0 Å². The molecule has 40 heavy (non-hydrogen) atoms. The van der Waals surface area contributed by atoms with Crippen molar-refractivity contribution in [2.24, 2.45) is 0 Å². The van der Waals surface area contributed by atoms with E-state index < -0.39 is 10.8 Å². The summed E-state index contributed by atoms with van der Waals surface area (Å²) in [5, 5.41) is 0. The molecule has 0 heterocycles. The average Bonchev–Trinajstić information content (AvgIpc) is 3.13. The van der Waals surface area contributed by atoms with Crippen molar-refractivity contribution in [1.82, 2.24) is 0 Å². The predicted molar refractivity (Wildman–Crippen MR) is 162 cm³/mol. The second-order valence-electron chi connectivity index (χ2n) is 12.2. The zero-order valence-electron chi connectivity index (χ0n) is 25.6. The zero-order chi connectivity index (χ0) is 29.5. The second kappa shape index (κ2) is 13.7. The van der Waals surface area contributed by atoms with Crippen LogP contribution < -0.4 is 0 Å². The highest BCUT2D eigenvalue weighted by molar-refractivity contribution is 5.92. The molecule has 0 spiro atoms. The van der Waals surface area contributed by atoms with Gasteiger partial charge in [0.15, 0.2) is 0 Å². The lowest BCUT2D eigenvalue weighted by molar-refractivity contribution is -0.126. The van der Waals surface area contributed by atoms with Crippen LogP contribution in [0.25, 0.3) is 0 Å². The summed E-state index contributed by atoms with van der Waals surface area (Å²) in [4.78, 5) is 48.2. The molecule has 2 aromatic carbocycles. The second-order valence-corrected chi connectivity index (χ2v) is 12.2. The van der Waals surface area contributed by atoms with Crippen LogP contribution in [0.5, 0.6) is 0 Å². The van der Waals surface area contributed by atoms with Crippen LogP contribution in [0.15, 0.2) is 36.4 Å². The first-order valence-corrected chi connectivity index (χ1v) is 15.2. The molecule has 0 amide bonds. The molecule has 0 aromatic heterocycles. The maximum atomic E-state index is 12.7. The van der Waals surface area contributed by atoms with Gasteiger partial charge in [0.1, 0.15) is 23.1 Å². The van der Waals surface area contributed by atoms with E-state index in [9.17, 15) is 19.2 Å². The molecule has 4 nitrogen and oxygen atoms in total. The van der Waals surface area contributed by atoms with Crippen LogP contribution in [0.4, 0.5) is 0 Å². The zero-order valence-corrected chi connectivity index (χ0v) is 25.6. The molecule has 0 radical (unpaired) electrons. The number of aryl methyl sites for hydroxylation is 4. The van der Waals surface area contributed by atoms with Crippen LogP contribution in [-0.2, 0) is 42.8 Å². The monoisotopic (exact) mass is 544 g/mol. The molecule has 2 atom stereocenters. The Bertz CT molecular complexity index is 1160. The van der Waals surface area contributed by atoms with Crippen LogP contribution in [0.1, 0.15) is 125 Å². The van der Waals surface area contributed by atoms with Crippen LogP contribution >= 0.6 is 0 Å². The third kappa shape index (κ3) is 6.87. The Labute approximate surface area is 241 Å². The summed E-state index contributed by atoms with van der Waals surface area (Å²) in [7, 11) is 0. The van der Waals surface area contributed by atoms with Crippen molar-refractivity contribution in [1.29, 1.82) is 0 Å². The largest absolute Gasteiger partial charge is 0.300 e. The predicted octanol–water partition coefficient (Wildman–Crippen LogP) is 7.83. The number of benzene rings is 2. The maximum absolute atomic E-state index is 12.7. The molecule has 0 bridgehead atoms. The van der Waals surface area contributed by atoms with E-state index in [-0.39, 0.29) is 11.6 Å². The van der Waals surface area contributed by atoms with Crippen molar-refractivity contribution < 1.29 is 19.2 Å².